The molecule has 0 aliphatic rings. The largest absolute Gasteiger partial charge is 0.282 e. The van der Waals surface area contributed by atoms with Gasteiger partial charge in [-0.3, -0.25) is 4.79 Å². The minimum atomic E-state index is -0.212. The molecule has 25 heavy (non-hydrogen) atoms. The van der Waals surface area contributed by atoms with Crippen LogP contribution in [0.4, 0.5) is 0 Å². The highest BCUT2D eigenvalue weighted by Crippen LogP contribution is 2.20. The van der Waals surface area contributed by atoms with Crippen LogP contribution in [-0.4, -0.2) is 15.9 Å². The Balaban J connectivity index is 2.16. The standard InChI is InChI=1S/C18H14BrCl2N3O/c1-2-3-17-23-16-7-5-12(19)8-14(16)18(25)24(17)22-10-11-4-6-13(20)9-15(11)21/h4-10H,2-3H2,1H3. The summed E-state index contributed by atoms with van der Waals surface area (Å²) in [5, 5.41) is 5.86. The zero-order valence-electron chi connectivity index (χ0n) is 13.3. The van der Waals surface area contributed by atoms with E-state index in [1.165, 1.54) is 4.68 Å². The third-order valence-corrected chi connectivity index (χ3v) is 4.68. The molecule has 0 spiro atoms. The number of hydrogen-bond donors (Lipinski definition) is 0. The maximum atomic E-state index is 12.9. The highest BCUT2D eigenvalue weighted by molar-refractivity contribution is 9.10. The first-order valence-corrected chi connectivity index (χ1v) is 9.25. The fraction of sp³-hybridized carbons (Fsp3) is 0.167. The van der Waals surface area contributed by atoms with Gasteiger partial charge < -0.3 is 0 Å². The number of halogens is 3. The lowest BCUT2D eigenvalue weighted by atomic mass is 10.2. The SMILES string of the molecule is CCCc1nc2ccc(Br)cc2c(=O)n1N=Cc1ccc(Cl)cc1Cl. The van der Waals surface area contributed by atoms with E-state index >= 15 is 0 Å². The molecule has 2 aromatic carbocycles. The molecule has 0 bridgehead atoms. The van der Waals surface area contributed by atoms with Crippen LogP contribution in [0.2, 0.25) is 10.0 Å². The lowest BCUT2D eigenvalue weighted by molar-refractivity contribution is 0.704. The number of aromatic nitrogens is 2. The van der Waals surface area contributed by atoms with E-state index in [4.69, 9.17) is 23.2 Å². The van der Waals surface area contributed by atoms with Gasteiger partial charge in [0.15, 0.2) is 0 Å². The third-order valence-electron chi connectivity index (χ3n) is 3.62. The van der Waals surface area contributed by atoms with Gasteiger partial charge in [-0.2, -0.15) is 9.78 Å². The van der Waals surface area contributed by atoms with E-state index in [2.05, 4.69) is 26.0 Å². The van der Waals surface area contributed by atoms with Crippen molar-refractivity contribution in [2.24, 2.45) is 5.10 Å². The molecular formula is C18H14BrCl2N3O. The van der Waals surface area contributed by atoms with Gasteiger partial charge in [-0.1, -0.05) is 52.1 Å². The zero-order valence-corrected chi connectivity index (χ0v) is 16.4. The van der Waals surface area contributed by atoms with Crippen LogP contribution in [0.1, 0.15) is 24.7 Å². The number of hydrogen-bond acceptors (Lipinski definition) is 3. The van der Waals surface area contributed by atoms with Crippen molar-refractivity contribution in [1.82, 2.24) is 9.66 Å². The first-order valence-electron chi connectivity index (χ1n) is 7.70. The van der Waals surface area contributed by atoms with E-state index in [9.17, 15) is 4.79 Å². The van der Waals surface area contributed by atoms with Crippen molar-refractivity contribution in [1.29, 1.82) is 0 Å². The van der Waals surface area contributed by atoms with Crippen LogP contribution < -0.4 is 5.56 Å². The molecule has 0 N–H and O–H groups in total. The highest BCUT2D eigenvalue weighted by atomic mass is 79.9. The van der Waals surface area contributed by atoms with Gasteiger partial charge in [0.2, 0.25) is 0 Å². The molecule has 0 radical (unpaired) electrons. The number of benzene rings is 2. The average molecular weight is 439 g/mol. The first kappa shape index (κ1) is 18.1. The molecule has 0 fully saturated rings. The molecule has 3 aromatic rings. The predicted octanol–water partition coefficient (Wildman–Crippen LogP) is 5.30. The monoisotopic (exact) mass is 437 g/mol. The fourth-order valence-electron chi connectivity index (χ4n) is 2.43. The van der Waals surface area contributed by atoms with Crippen LogP contribution >= 0.6 is 39.1 Å². The second-order valence-electron chi connectivity index (χ2n) is 5.47. The molecule has 7 heteroatoms. The summed E-state index contributed by atoms with van der Waals surface area (Å²) in [7, 11) is 0. The minimum Gasteiger partial charge on any atom is -0.267 e. The van der Waals surface area contributed by atoms with Gasteiger partial charge in [0.25, 0.3) is 5.56 Å². The van der Waals surface area contributed by atoms with Crippen LogP contribution in [0.15, 0.2) is 50.8 Å². The summed E-state index contributed by atoms with van der Waals surface area (Å²) in [5.41, 5.74) is 1.12. The molecular weight excluding hydrogens is 425 g/mol. The van der Waals surface area contributed by atoms with E-state index in [1.807, 2.05) is 19.1 Å². The van der Waals surface area contributed by atoms with E-state index in [1.54, 1.807) is 30.5 Å². The zero-order chi connectivity index (χ0) is 18.0. The predicted molar refractivity (Wildman–Crippen MR) is 107 cm³/mol. The Morgan fingerprint density at radius 3 is 2.76 bits per heavy atom. The molecule has 0 unspecified atom stereocenters. The van der Waals surface area contributed by atoms with Crippen LogP contribution in [0.3, 0.4) is 0 Å². The van der Waals surface area contributed by atoms with Gasteiger partial charge in [-0.15, -0.1) is 0 Å². The minimum absolute atomic E-state index is 0.212. The lowest BCUT2D eigenvalue weighted by Crippen LogP contribution is -2.22. The van der Waals surface area contributed by atoms with Crippen LogP contribution in [-0.2, 0) is 6.42 Å². The topological polar surface area (TPSA) is 47.2 Å². The first-order chi connectivity index (χ1) is 12.0. The van der Waals surface area contributed by atoms with Gasteiger partial charge in [0.1, 0.15) is 5.82 Å². The second-order valence-corrected chi connectivity index (χ2v) is 7.23. The Labute approximate surface area is 163 Å². The van der Waals surface area contributed by atoms with Gasteiger partial charge >= 0.3 is 0 Å². The van der Waals surface area contributed by atoms with Gasteiger partial charge in [-0.25, -0.2) is 4.98 Å². The number of nitrogens with zero attached hydrogens (tertiary/aromatic N) is 3. The van der Waals surface area contributed by atoms with E-state index < -0.39 is 0 Å². The average Bonchev–Trinajstić information content (AvgIpc) is 2.57. The molecule has 0 saturated heterocycles. The molecule has 0 aliphatic carbocycles. The molecule has 0 saturated carbocycles. The number of rotatable bonds is 4. The van der Waals surface area contributed by atoms with Gasteiger partial charge in [0, 0.05) is 21.5 Å². The molecule has 0 atom stereocenters. The van der Waals surface area contributed by atoms with Crippen LogP contribution in [0, 0.1) is 0 Å². The maximum absolute atomic E-state index is 12.9. The number of aryl methyl sites for hydroxylation is 1. The Hall–Kier alpha value is -1.69. The van der Waals surface area contributed by atoms with E-state index in [-0.39, 0.29) is 5.56 Å². The summed E-state index contributed by atoms with van der Waals surface area (Å²) in [5.74, 6) is 0.614. The molecule has 4 nitrogen and oxygen atoms in total. The third kappa shape index (κ3) is 3.94. The normalized spacial score (nSPS) is 11.5. The van der Waals surface area contributed by atoms with Crippen molar-refractivity contribution >= 4 is 56.2 Å². The van der Waals surface area contributed by atoms with Crippen LogP contribution in [0.5, 0.6) is 0 Å². The van der Waals surface area contributed by atoms with Crippen molar-refractivity contribution in [3.05, 3.63) is 72.7 Å². The van der Waals surface area contributed by atoms with Gasteiger partial charge in [-0.05, 0) is 36.8 Å². The summed E-state index contributed by atoms with van der Waals surface area (Å²) < 4.78 is 2.15. The number of fused-ring (bicyclic) bond motifs is 1. The summed E-state index contributed by atoms with van der Waals surface area (Å²) in [4.78, 5) is 17.5. The quantitative estimate of drug-likeness (QED) is 0.518. The molecule has 1 aromatic heterocycles. The Bertz CT molecular complexity index is 1030. The summed E-state index contributed by atoms with van der Waals surface area (Å²) >= 11 is 15.5. The van der Waals surface area contributed by atoms with Crippen molar-refractivity contribution in [3.8, 4) is 0 Å². The summed E-state index contributed by atoms with van der Waals surface area (Å²) in [6.07, 6.45) is 3.04. The molecule has 128 valence electrons. The smallest absolute Gasteiger partial charge is 0.267 e. The Morgan fingerprint density at radius 2 is 2.04 bits per heavy atom. The van der Waals surface area contributed by atoms with E-state index in [0.717, 1.165) is 10.9 Å². The summed E-state index contributed by atoms with van der Waals surface area (Å²) in [6.45, 7) is 2.03. The fourth-order valence-corrected chi connectivity index (χ4v) is 3.24. The maximum Gasteiger partial charge on any atom is 0.282 e. The molecule has 3 rings (SSSR count). The van der Waals surface area contributed by atoms with Gasteiger partial charge in [0.05, 0.1) is 22.1 Å². The van der Waals surface area contributed by atoms with E-state index in [0.29, 0.717) is 38.8 Å². The Morgan fingerprint density at radius 1 is 1.24 bits per heavy atom. The molecule has 0 amide bonds. The Kier molecular flexibility index (Phi) is 5.57. The van der Waals surface area contributed by atoms with Crippen molar-refractivity contribution in [2.45, 2.75) is 19.8 Å². The summed E-state index contributed by atoms with van der Waals surface area (Å²) in [6, 6.07) is 10.6. The molecule has 1 heterocycles. The van der Waals surface area contributed by atoms with Crippen molar-refractivity contribution in [2.75, 3.05) is 0 Å². The van der Waals surface area contributed by atoms with Crippen molar-refractivity contribution < 1.29 is 0 Å². The lowest BCUT2D eigenvalue weighted by Gasteiger charge is -2.09. The highest BCUT2D eigenvalue weighted by Gasteiger charge is 2.10. The molecule has 0 aliphatic heterocycles. The van der Waals surface area contributed by atoms with Crippen LogP contribution in [0.25, 0.3) is 10.9 Å². The van der Waals surface area contributed by atoms with Crippen molar-refractivity contribution in [3.63, 3.8) is 0 Å². The second kappa shape index (κ2) is 7.68.